The SMILES string of the molecule is O=C(NC1CCCC1CC(=O)N1CCOC(C(=O)O)C1)OCC1c2ccccc2-c2ccccc21. The van der Waals surface area contributed by atoms with Gasteiger partial charge in [0, 0.05) is 24.9 Å². The second-order valence-electron chi connectivity index (χ2n) is 9.51. The standard InChI is InChI=1S/C27H30N2O6/c30-25(29-12-13-34-24(15-29)26(31)32)14-17-6-5-11-23(17)28-27(33)35-16-22-20-9-3-1-7-18(20)19-8-2-4-10-21(19)22/h1-4,7-10,17,22-24H,5-6,11-16H2,(H,28,33)(H,31,32). The summed E-state index contributed by atoms with van der Waals surface area (Å²) in [5.41, 5.74) is 4.69. The van der Waals surface area contributed by atoms with Gasteiger partial charge in [-0.15, -0.1) is 0 Å². The van der Waals surface area contributed by atoms with Gasteiger partial charge in [-0.2, -0.15) is 0 Å². The molecule has 35 heavy (non-hydrogen) atoms. The van der Waals surface area contributed by atoms with Gasteiger partial charge in [-0.3, -0.25) is 4.79 Å². The van der Waals surface area contributed by atoms with Crippen molar-refractivity contribution in [3.63, 3.8) is 0 Å². The Balaban J connectivity index is 1.16. The molecule has 2 amide bonds. The second-order valence-corrected chi connectivity index (χ2v) is 9.51. The number of hydrogen-bond acceptors (Lipinski definition) is 5. The quantitative estimate of drug-likeness (QED) is 0.659. The molecule has 8 heteroatoms. The van der Waals surface area contributed by atoms with Gasteiger partial charge in [0.25, 0.3) is 0 Å². The number of nitrogens with zero attached hydrogens (tertiary/aromatic N) is 1. The predicted octanol–water partition coefficient (Wildman–Crippen LogP) is 3.40. The summed E-state index contributed by atoms with van der Waals surface area (Å²) in [6.07, 6.45) is 1.39. The summed E-state index contributed by atoms with van der Waals surface area (Å²) in [7, 11) is 0. The first-order chi connectivity index (χ1) is 17.0. The maximum absolute atomic E-state index is 12.8. The minimum atomic E-state index is -1.06. The van der Waals surface area contributed by atoms with E-state index in [1.54, 1.807) is 4.90 Å². The Morgan fingerprint density at radius 1 is 1.03 bits per heavy atom. The maximum Gasteiger partial charge on any atom is 0.407 e. The molecule has 3 atom stereocenters. The van der Waals surface area contributed by atoms with Crippen molar-refractivity contribution in [2.24, 2.45) is 5.92 Å². The predicted molar refractivity (Wildman–Crippen MR) is 128 cm³/mol. The zero-order chi connectivity index (χ0) is 24.4. The summed E-state index contributed by atoms with van der Waals surface area (Å²) in [4.78, 5) is 38.3. The van der Waals surface area contributed by atoms with Crippen molar-refractivity contribution in [2.75, 3.05) is 26.3 Å². The molecule has 1 saturated heterocycles. The normalized spacial score (nSPS) is 23.4. The summed E-state index contributed by atoms with van der Waals surface area (Å²) in [6, 6.07) is 16.3. The van der Waals surface area contributed by atoms with Crippen molar-refractivity contribution in [1.82, 2.24) is 10.2 Å². The van der Waals surface area contributed by atoms with E-state index in [9.17, 15) is 19.5 Å². The fraction of sp³-hybridized carbons (Fsp3) is 0.444. The number of carbonyl (C=O) groups is 3. The molecule has 3 aliphatic rings. The Morgan fingerprint density at radius 2 is 1.71 bits per heavy atom. The lowest BCUT2D eigenvalue weighted by atomic mass is 9.98. The van der Waals surface area contributed by atoms with E-state index in [0.29, 0.717) is 6.54 Å². The van der Waals surface area contributed by atoms with Crippen LogP contribution in [0.2, 0.25) is 0 Å². The van der Waals surface area contributed by atoms with Gasteiger partial charge < -0.3 is 24.8 Å². The average Bonchev–Trinajstić information content (AvgIpc) is 3.44. The Kier molecular flexibility index (Phi) is 6.72. The van der Waals surface area contributed by atoms with Gasteiger partial charge in [-0.05, 0) is 41.0 Å². The second kappa shape index (κ2) is 10.1. The number of aliphatic carboxylic acids is 1. The summed E-state index contributed by atoms with van der Waals surface area (Å²) in [5.74, 6) is -1.14. The summed E-state index contributed by atoms with van der Waals surface area (Å²) in [5, 5.41) is 12.2. The Labute approximate surface area is 204 Å². The molecule has 0 spiro atoms. The van der Waals surface area contributed by atoms with Crippen LogP contribution in [0.25, 0.3) is 11.1 Å². The first-order valence-corrected chi connectivity index (χ1v) is 12.2. The van der Waals surface area contributed by atoms with Crippen LogP contribution in [0.1, 0.15) is 42.7 Å². The van der Waals surface area contributed by atoms with Crippen LogP contribution < -0.4 is 5.32 Å². The minimum Gasteiger partial charge on any atom is -0.479 e. The summed E-state index contributed by atoms with van der Waals surface area (Å²) in [6.45, 7) is 0.917. The first-order valence-electron chi connectivity index (χ1n) is 12.2. The zero-order valence-electron chi connectivity index (χ0n) is 19.5. The molecule has 1 saturated carbocycles. The molecule has 1 aliphatic heterocycles. The third kappa shape index (κ3) is 4.89. The Hall–Kier alpha value is -3.39. The number of alkyl carbamates (subject to hydrolysis) is 1. The third-order valence-electron chi connectivity index (χ3n) is 7.44. The molecular formula is C27H30N2O6. The average molecular weight is 479 g/mol. The highest BCUT2D eigenvalue weighted by Gasteiger charge is 2.35. The molecule has 0 radical (unpaired) electrons. The van der Waals surface area contributed by atoms with Gasteiger partial charge in [0.05, 0.1) is 13.2 Å². The fourth-order valence-electron chi connectivity index (χ4n) is 5.64. The number of hydrogen-bond donors (Lipinski definition) is 2. The smallest absolute Gasteiger partial charge is 0.407 e. The number of amides is 2. The van der Waals surface area contributed by atoms with Crippen LogP contribution in [-0.2, 0) is 19.1 Å². The molecule has 2 aliphatic carbocycles. The first kappa shape index (κ1) is 23.4. The number of carbonyl (C=O) groups excluding carboxylic acids is 2. The maximum atomic E-state index is 12.8. The lowest BCUT2D eigenvalue weighted by Gasteiger charge is -2.32. The molecule has 184 valence electrons. The molecule has 5 rings (SSSR count). The molecule has 8 nitrogen and oxygen atoms in total. The number of ether oxygens (including phenoxy) is 2. The van der Waals surface area contributed by atoms with E-state index in [2.05, 4.69) is 29.6 Å². The van der Waals surface area contributed by atoms with Crippen LogP contribution in [0.4, 0.5) is 4.79 Å². The number of carboxylic acid groups (broad SMARTS) is 1. The fourth-order valence-corrected chi connectivity index (χ4v) is 5.64. The highest BCUT2D eigenvalue weighted by Crippen LogP contribution is 2.44. The van der Waals surface area contributed by atoms with E-state index >= 15 is 0 Å². The van der Waals surface area contributed by atoms with E-state index in [1.807, 2.05) is 24.3 Å². The molecule has 2 N–H and O–H groups in total. The van der Waals surface area contributed by atoms with E-state index in [1.165, 1.54) is 11.1 Å². The number of carboxylic acids is 1. The molecule has 2 aromatic carbocycles. The van der Waals surface area contributed by atoms with Crippen LogP contribution in [0.5, 0.6) is 0 Å². The lowest BCUT2D eigenvalue weighted by Crippen LogP contribution is -2.49. The molecule has 0 aromatic heterocycles. The number of fused-ring (bicyclic) bond motifs is 3. The van der Waals surface area contributed by atoms with Crippen molar-refractivity contribution >= 4 is 18.0 Å². The molecule has 2 fully saturated rings. The van der Waals surface area contributed by atoms with Crippen LogP contribution >= 0.6 is 0 Å². The molecule has 3 unspecified atom stereocenters. The molecular weight excluding hydrogens is 448 g/mol. The highest BCUT2D eigenvalue weighted by atomic mass is 16.5. The Bertz CT molecular complexity index is 1070. The summed E-state index contributed by atoms with van der Waals surface area (Å²) < 4.78 is 10.9. The largest absolute Gasteiger partial charge is 0.479 e. The molecule has 2 aromatic rings. The van der Waals surface area contributed by atoms with Gasteiger partial charge in [0.1, 0.15) is 6.61 Å². The number of rotatable bonds is 6. The van der Waals surface area contributed by atoms with Gasteiger partial charge >= 0.3 is 12.1 Å². The molecule has 0 bridgehead atoms. The van der Waals surface area contributed by atoms with Crippen molar-refractivity contribution in [3.05, 3.63) is 59.7 Å². The van der Waals surface area contributed by atoms with Gasteiger partial charge in [0.15, 0.2) is 6.10 Å². The van der Waals surface area contributed by atoms with E-state index in [4.69, 9.17) is 9.47 Å². The van der Waals surface area contributed by atoms with Crippen molar-refractivity contribution in [2.45, 2.75) is 43.7 Å². The number of morpholine rings is 1. The van der Waals surface area contributed by atoms with Crippen molar-refractivity contribution < 1.29 is 29.0 Å². The lowest BCUT2D eigenvalue weighted by molar-refractivity contribution is -0.159. The van der Waals surface area contributed by atoms with E-state index in [0.717, 1.165) is 30.4 Å². The monoisotopic (exact) mass is 478 g/mol. The Morgan fingerprint density at radius 3 is 2.40 bits per heavy atom. The van der Waals surface area contributed by atoms with E-state index < -0.39 is 18.2 Å². The third-order valence-corrected chi connectivity index (χ3v) is 7.44. The van der Waals surface area contributed by atoms with Gasteiger partial charge in [-0.25, -0.2) is 9.59 Å². The number of benzene rings is 2. The molecule has 1 heterocycles. The van der Waals surface area contributed by atoms with Crippen LogP contribution in [0, 0.1) is 5.92 Å². The summed E-state index contributed by atoms with van der Waals surface area (Å²) >= 11 is 0. The van der Waals surface area contributed by atoms with Gasteiger partial charge in [0.2, 0.25) is 5.91 Å². The van der Waals surface area contributed by atoms with Crippen molar-refractivity contribution in [3.8, 4) is 11.1 Å². The van der Waals surface area contributed by atoms with E-state index in [-0.39, 0.29) is 50.0 Å². The minimum absolute atomic E-state index is 0.00222. The number of nitrogens with one attached hydrogen (secondary N) is 1. The zero-order valence-corrected chi connectivity index (χ0v) is 19.5. The van der Waals surface area contributed by atoms with Crippen LogP contribution in [-0.4, -0.2) is 66.4 Å². The van der Waals surface area contributed by atoms with Gasteiger partial charge in [-0.1, -0.05) is 55.0 Å². The highest BCUT2D eigenvalue weighted by molar-refractivity contribution is 5.80. The van der Waals surface area contributed by atoms with Crippen LogP contribution in [0.15, 0.2) is 48.5 Å². The van der Waals surface area contributed by atoms with Crippen molar-refractivity contribution in [1.29, 1.82) is 0 Å². The van der Waals surface area contributed by atoms with Crippen LogP contribution in [0.3, 0.4) is 0 Å². The topological polar surface area (TPSA) is 105 Å².